The van der Waals surface area contributed by atoms with Crippen molar-refractivity contribution in [3.8, 4) is 0 Å². The average Bonchev–Trinajstić information content (AvgIpc) is 2.63. The third-order valence-corrected chi connectivity index (χ3v) is 4.84. The van der Waals surface area contributed by atoms with Gasteiger partial charge in [0.2, 0.25) is 0 Å². The van der Waals surface area contributed by atoms with Gasteiger partial charge in [-0.25, -0.2) is 0 Å². The van der Waals surface area contributed by atoms with E-state index in [9.17, 15) is 9.59 Å². The largest absolute Gasteiger partial charge is 0.372 e. The molecule has 0 saturated carbocycles. The number of hydrogen-bond donors (Lipinski definition) is 2. The number of carbonyl (C=O) groups is 2. The molecule has 0 aliphatic rings. The minimum Gasteiger partial charge on any atom is -0.372 e. The van der Waals surface area contributed by atoms with Crippen molar-refractivity contribution in [1.82, 2.24) is 5.32 Å². The Morgan fingerprint density at radius 2 is 1.81 bits per heavy atom. The van der Waals surface area contributed by atoms with Gasteiger partial charge < -0.3 is 15.4 Å². The fourth-order valence-corrected chi connectivity index (χ4v) is 2.73. The van der Waals surface area contributed by atoms with Crippen molar-refractivity contribution in [1.29, 1.82) is 0 Å². The zero-order valence-electron chi connectivity index (χ0n) is 14.7. The first kappa shape index (κ1) is 20.2. The number of anilines is 1. The molecule has 0 aromatic heterocycles. The predicted octanol–water partition coefficient (Wildman–Crippen LogP) is 3.92. The first-order chi connectivity index (χ1) is 12.3. The Morgan fingerprint density at radius 1 is 1.12 bits per heavy atom. The highest BCUT2D eigenvalue weighted by Gasteiger charge is 2.28. The molecule has 5 nitrogen and oxygen atoms in total. The molecule has 0 radical (unpaired) electrons. The van der Waals surface area contributed by atoms with Crippen LogP contribution in [0.2, 0.25) is 10.0 Å². The molecule has 0 fully saturated rings. The van der Waals surface area contributed by atoms with E-state index in [2.05, 4.69) is 10.6 Å². The summed E-state index contributed by atoms with van der Waals surface area (Å²) in [6, 6.07) is 12.2. The van der Waals surface area contributed by atoms with E-state index >= 15 is 0 Å². The Kier molecular flexibility index (Phi) is 6.64. The normalized spacial score (nSPS) is 13.0. The standard InChI is InChI=1S/C19H20Cl2N2O3/c1-12-15(21)8-5-9-16(12)23-18(25)17(24)22-11-19(2,26-3)13-6-4-7-14(20)10-13/h4-10H,11H2,1-3H3,(H,22,24)(H,23,25)/t19-/m1/s1. The Bertz CT molecular complexity index is 826. The van der Waals surface area contributed by atoms with Crippen LogP contribution in [-0.2, 0) is 19.9 Å². The zero-order chi connectivity index (χ0) is 19.3. The van der Waals surface area contributed by atoms with Gasteiger partial charge in [-0.3, -0.25) is 9.59 Å². The summed E-state index contributed by atoms with van der Waals surface area (Å²) in [6.45, 7) is 3.67. The summed E-state index contributed by atoms with van der Waals surface area (Å²) in [5.74, 6) is -1.55. The number of amides is 2. The van der Waals surface area contributed by atoms with Gasteiger partial charge in [-0.1, -0.05) is 41.4 Å². The summed E-state index contributed by atoms with van der Waals surface area (Å²) in [7, 11) is 1.53. The topological polar surface area (TPSA) is 67.4 Å². The van der Waals surface area contributed by atoms with Crippen LogP contribution >= 0.6 is 23.2 Å². The Balaban J connectivity index is 2.04. The van der Waals surface area contributed by atoms with Gasteiger partial charge in [0.05, 0.1) is 6.54 Å². The number of methoxy groups -OCH3 is 1. The van der Waals surface area contributed by atoms with Crippen molar-refractivity contribution in [2.24, 2.45) is 0 Å². The summed E-state index contributed by atoms with van der Waals surface area (Å²) < 4.78 is 5.54. The number of carbonyl (C=O) groups excluding carboxylic acids is 2. The molecule has 26 heavy (non-hydrogen) atoms. The van der Waals surface area contributed by atoms with Crippen molar-refractivity contribution in [2.75, 3.05) is 19.0 Å². The molecule has 2 amide bonds. The number of hydrogen-bond acceptors (Lipinski definition) is 3. The maximum atomic E-state index is 12.2. The second kappa shape index (κ2) is 8.54. The molecular formula is C19H20Cl2N2O3. The molecule has 0 unspecified atom stereocenters. The van der Waals surface area contributed by atoms with Crippen molar-refractivity contribution in [3.05, 3.63) is 63.6 Å². The van der Waals surface area contributed by atoms with Crippen LogP contribution in [0.1, 0.15) is 18.1 Å². The average molecular weight is 395 g/mol. The Hall–Kier alpha value is -2.08. The summed E-state index contributed by atoms with van der Waals surface area (Å²) in [4.78, 5) is 24.3. The van der Waals surface area contributed by atoms with Crippen LogP contribution < -0.4 is 10.6 Å². The quantitative estimate of drug-likeness (QED) is 0.755. The van der Waals surface area contributed by atoms with Crippen LogP contribution in [0.3, 0.4) is 0 Å². The second-order valence-corrected chi connectivity index (χ2v) is 6.84. The molecule has 0 heterocycles. The smallest absolute Gasteiger partial charge is 0.313 e. The molecule has 0 aliphatic heterocycles. The molecule has 2 aromatic rings. The third kappa shape index (κ3) is 4.75. The van der Waals surface area contributed by atoms with E-state index in [0.717, 1.165) is 5.56 Å². The molecule has 1 atom stereocenters. The fourth-order valence-electron chi connectivity index (χ4n) is 2.36. The van der Waals surface area contributed by atoms with Gasteiger partial charge >= 0.3 is 11.8 Å². The molecule has 0 spiro atoms. The maximum absolute atomic E-state index is 12.2. The zero-order valence-corrected chi connectivity index (χ0v) is 16.2. The van der Waals surface area contributed by atoms with E-state index in [4.69, 9.17) is 27.9 Å². The van der Waals surface area contributed by atoms with Gasteiger partial charge in [0.15, 0.2) is 0 Å². The van der Waals surface area contributed by atoms with E-state index in [-0.39, 0.29) is 6.54 Å². The van der Waals surface area contributed by atoms with E-state index in [0.29, 0.717) is 21.3 Å². The van der Waals surface area contributed by atoms with Gasteiger partial charge in [0.25, 0.3) is 0 Å². The molecule has 7 heteroatoms. The van der Waals surface area contributed by atoms with Gasteiger partial charge in [-0.05, 0) is 49.2 Å². The van der Waals surface area contributed by atoms with Crippen LogP contribution in [-0.4, -0.2) is 25.5 Å². The lowest BCUT2D eigenvalue weighted by molar-refractivity contribution is -0.137. The lowest BCUT2D eigenvalue weighted by Gasteiger charge is -2.29. The lowest BCUT2D eigenvalue weighted by Crippen LogP contribution is -2.44. The van der Waals surface area contributed by atoms with Gasteiger partial charge in [0.1, 0.15) is 5.60 Å². The number of benzene rings is 2. The third-order valence-electron chi connectivity index (χ3n) is 4.19. The Morgan fingerprint density at radius 3 is 2.46 bits per heavy atom. The van der Waals surface area contributed by atoms with Gasteiger partial charge in [-0.15, -0.1) is 0 Å². The number of ether oxygens (including phenoxy) is 1. The molecular weight excluding hydrogens is 375 g/mol. The van der Waals surface area contributed by atoms with Crippen LogP contribution in [0.15, 0.2) is 42.5 Å². The van der Waals surface area contributed by atoms with Crippen LogP contribution in [0.5, 0.6) is 0 Å². The highest BCUT2D eigenvalue weighted by molar-refractivity contribution is 6.40. The first-order valence-corrected chi connectivity index (χ1v) is 8.68. The van der Waals surface area contributed by atoms with Gasteiger partial charge in [-0.2, -0.15) is 0 Å². The SMILES string of the molecule is CO[C@](C)(CNC(=O)C(=O)Nc1cccc(Cl)c1C)c1cccc(Cl)c1. The van der Waals surface area contributed by atoms with Crippen molar-refractivity contribution in [2.45, 2.75) is 19.4 Å². The van der Waals surface area contributed by atoms with E-state index in [1.807, 2.05) is 6.07 Å². The predicted molar refractivity (Wildman–Crippen MR) is 104 cm³/mol. The summed E-state index contributed by atoms with van der Waals surface area (Å²) in [6.07, 6.45) is 0. The molecule has 2 N–H and O–H groups in total. The van der Waals surface area contributed by atoms with Crippen LogP contribution in [0.4, 0.5) is 5.69 Å². The van der Waals surface area contributed by atoms with Crippen molar-refractivity contribution in [3.63, 3.8) is 0 Å². The minimum atomic E-state index is -0.827. The highest BCUT2D eigenvalue weighted by atomic mass is 35.5. The summed E-state index contributed by atoms with van der Waals surface area (Å²) in [5, 5.41) is 6.22. The molecule has 2 aromatic carbocycles. The van der Waals surface area contributed by atoms with Gasteiger partial charge in [0, 0.05) is 22.8 Å². The molecule has 2 rings (SSSR count). The maximum Gasteiger partial charge on any atom is 0.313 e. The summed E-state index contributed by atoms with van der Waals surface area (Å²) in [5.41, 5.74) is 1.14. The number of rotatable bonds is 5. The molecule has 138 valence electrons. The molecule has 0 bridgehead atoms. The molecule has 0 saturated heterocycles. The molecule has 0 aliphatic carbocycles. The fraction of sp³-hybridized carbons (Fsp3) is 0.263. The summed E-state index contributed by atoms with van der Waals surface area (Å²) >= 11 is 12.0. The minimum absolute atomic E-state index is 0.102. The highest BCUT2D eigenvalue weighted by Crippen LogP contribution is 2.26. The Labute approximate surface area is 162 Å². The first-order valence-electron chi connectivity index (χ1n) is 7.92. The van der Waals surface area contributed by atoms with E-state index in [1.54, 1.807) is 50.2 Å². The van der Waals surface area contributed by atoms with E-state index < -0.39 is 17.4 Å². The van der Waals surface area contributed by atoms with Crippen LogP contribution in [0, 0.1) is 6.92 Å². The monoisotopic (exact) mass is 394 g/mol. The van der Waals surface area contributed by atoms with Crippen LogP contribution in [0.25, 0.3) is 0 Å². The van der Waals surface area contributed by atoms with Crippen molar-refractivity contribution >= 4 is 40.7 Å². The number of nitrogens with one attached hydrogen (secondary N) is 2. The second-order valence-electron chi connectivity index (χ2n) is 5.99. The van der Waals surface area contributed by atoms with Crippen molar-refractivity contribution < 1.29 is 14.3 Å². The lowest BCUT2D eigenvalue weighted by atomic mass is 9.95. The number of halogens is 2. The van der Waals surface area contributed by atoms with E-state index in [1.165, 1.54) is 7.11 Å².